The van der Waals surface area contributed by atoms with Crippen LogP contribution in [0.3, 0.4) is 0 Å². The molecule has 2 aliphatic rings. The number of H-pyrrole nitrogens is 1. The maximum Gasteiger partial charge on any atom is 0.275 e. The van der Waals surface area contributed by atoms with Gasteiger partial charge in [0.25, 0.3) is 5.91 Å². The minimum atomic E-state index is 0.0836. The van der Waals surface area contributed by atoms with Gasteiger partial charge >= 0.3 is 0 Å². The average Bonchev–Trinajstić information content (AvgIpc) is 3.12. The fraction of sp³-hybridized carbons (Fsp3) is 0.385. The summed E-state index contributed by atoms with van der Waals surface area (Å²) in [5, 5.41) is 8.71. The Morgan fingerprint density at radius 3 is 3.11 bits per heavy atom. The normalized spacial score (nSPS) is 26.1. The molecule has 0 radical (unpaired) electrons. The van der Waals surface area contributed by atoms with Crippen LogP contribution in [0.25, 0.3) is 10.9 Å². The third kappa shape index (κ3) is 1.40. The lowest BCUT2D eigenvalue weighted by molar-refractivity contribution is 0.0743. The van der Waals surface area contributed by atoms with Gasteiger partial charge < -0.3 is 4.90 Å². The first kappa shape index (κ1) is 10.4. The summed E-state index contributed by atoms with van der Waals surface area (Å²) in [5.74, 6) is 1.17. The highest BCUT2D eigenvalue weighted by Gasteiger charge is 2.41. The second-order valence-electron chi connectivity index (χ2n) is 4.92. The maximum atomic E-state index is 12.5. The number of carbonyl (C=O) groups excluding carboxylic acids is 1. The van der Waals surface area contributed by atoms with Crippen molar-refractivity contribution in [1.82, 2.24) is 15.1 Å². The van der Waals surface area contributed by atoms with E-state index in [0.29, 0.717) is 17.0 Å². The number of aromatic amines is 1. The van der Waals surface area contributed by atoms with Crippen LogP contribution >= 0.6 is 11.8 Å². The van der Waals surface area contributed by atoms with Crippen molar-refractivity contribution in [1.29, 1.82) is 0 Å². The number of amides is 1. The van der Waals surface area contributed by atoms with Crippen molar-refractivity contribution in [3.63, 3.8) is 0 Å². The Balaban J connectivity index is 1.72. The van der Waals surface area contributed by atoms with Crippen LogP contribution in [0, 0.1) is 0 Å². The predicted molar refractivity (Wildman–Crippen MR) is 71.8 cm³/mol. The zero-order valence-corrected chi connectivity index (χ0v) is 10.6. The molecule has 4 rings (SSSR count). The molecule has 2 saturated heterocycles. The van der Waals surface area contributed by atoms with Crippen molar-refractivity contribution in [2.45, 2.75) is 17.7 Å². The van der Waals surface area contributed by atoms with Gasteiger partial charge in [0.05, 0.1) is 5.52 Å². The quantitative estimate of drug-likeness (QED) is 0.851. The fourth-order valence-corrected chi connectivity index (χ4v) is 4.35. The molecule has 0 aliphatic carbocycles. The zero-order chi connectivity index (χ0) is 12.1. The largest absolute Gasteiger partial charge is 0.332 e. The first-order chi connectivity index (χ1) is 8.83. The van der Waals surface area contributed by atoms with E-state index in [1.165, 1.54) is 0 Å². The van der Waals surface area contributed by atoms with E-state index in [9.17, 15) is 4.79 Å². The summed E-state index contributed by atoms with van der Waals surface area (Å²) >= 11 is 1.99. The molecular formula is C13H13N3OS. The van der Waals surface area contributed by atoms with Crippen LogP contribution in [-0.2, 0) is 0 Å². The topological polar surface area (TPSA) is 49.0 Å². The van der Waals surface area contributed by atoms with Crippen molar-refractivity contribution < 1.29 is 4.79 Å². The average molecular weight is 259 g/mol. The number of likely N-dealkylation sites (tertiary alicyclic amines) is 1. The van der Waals surface area contributed by atoms with Crippen LogP contribution in [0.4, 0.5) is 0 Å². The van der Waals surface area contributed by atoms with Crippen molar-refractivity contribution in [3.8, 4) is 0 Å². The Morgan fingerprint density at radius 1 is 1.44 bits per heavy atom. The number of para-hydroxylation sites is 1. The van der Waals surface area contributed by atoms with Crippen LogP contribution in [0.1, 0.15) is 16.9 Å². The number of nitrogens with one attached hydrogen (secondary N) is 1. The summed E-state index contributed by atoms with van der Waals surface area (Å²) in [6.45, 7) is 0.884. The second kappa shape index (κ2) is 3.75. The van der Waals surface area contributed by atoms with Gasteiger partial charge in [-0.25, -0.2) is 0 Å². The summed E-state index contributed by atoms with van der Waals surface area (Å²) in [4.78, 5) is 14.5. The van der Waals surface area contributed by atoms with E-state index < -0.39 is 0 Å². The zero-order valence-electron chi connectivity index (χ0n) is 9.80. The number of hydrogen-bond acceptors (Lipinski definition) is 3. The summed E-state index contributed by atoms with van der Waals surface area (Å²) < 4.78 is 0. The van der Waals surface area contributed by atoms with Crippen LogP contribution < -0.4 is 0 Å². The third-order valence-corrected chi connectivity index (χ3v) is 5.22. The lowest BCUT2D eigenvalue weighted by Gasteiger charge is -2.25. The number of fused-ring (bicyclic) bond motifs is 3. The number of benzene rings is 1. The number of carbonyl (C=O) groups is 1. The summed E-state index contributed by atoms with van der Waals surface area (Å²) in [5.41, 5.74) is 1.50. The van der Waals surface area contributed by atoms with Gasteiger partial charge in [0.15, 0.2) is 5.69 Å². The lowest BCUT2D eigenvalue weighted by Crippen LogP contribution is -2.39. The Kier molecular flexibility index (Phi) is 2.17. The molecule has 2 unspecified atom stereocenters. The van der Waals surface area contributed by atoms with E-state index in [0.717, 1.165) is 29.6 Å². The van der Waals surface area contributed by atoms with E-state index in [1.807, 2.05) is 40.9 Å². The van der Waals surface area contributed by atoms with E-state index in [4.69, 9.17) is 0 Å². The number of aromatic nitrogens is 2. The number of hydrogen-bond donors (Lipinski definition) is 1. The van der Waals surface area contributed by atoms with Crippen molar-refractivity contribution in [2.24, 2.45) is 0 Å². The molecular weight excluding hydrogens is 246 g/mol. The minimum Gasteiger partial charge on any atom is -0.332 e. The third-order valence-electron chi connectivity index (χ3n) is 3.83. The van der Waals surface area contributed by atoms with E-state index >= 15 is 0 Å². The molecule has 2 aromatic rings. The molecule has 1 aromatic heterocycles. The van der Waals surface area contributed by atoms with Gasteiger partial charge in [-0.05, 0) is 12.5 Å². The number of thioether (sulfide) groups is 1. The van der Waals surface area contributed by atoms with Crippen LogP contribution in [-0.4, -0.2) is 44.6 Å². The number of rotatable bonds is 1. The molecule has 2 bridgehead atoms. The van der Waals surface area contributed by atoms with Crippen molar-refractivity contribution in [3.05, 3.63) is 30.0 Å². The molecule has 0 saturated carbocycles. The molecule has 2 fully saturated rings. The monoisotopic (exact) mass is 259 g/mol. The Bertz CT molecular complexity index is 623. The van der Waals surface area contributed by atoms with Gasteiger partial charge in [-0.15, -0.1) is 0 Å². The van der Waals surface area contributed by atoms with E-state index in [1.54, 1.807) is 0 Å². The molecule has 18 heavy (non-hydrogen) atoms. The van der Waals surface area contributed by atoms with Gasteiger partial charge in [-0.1, -0.05) is 18.2 Å². The molecule has 2 aliphatic heterocycles. The van der Waals surface area contributed by atoms with Gasteiger partial charge in [-0.3, -0.25) is 9.89 Å². The Hall–Kier alpha value is -1.49. The Morgan fingerprint density at radius 2 is 2.33 bits per heavy atom. The minimum absolute atomic E-state index is 0.0836. The van der Waals surface area contributed by atoms with Crippen LogP contribution in [0.15, 0.2) is 24.3 Å². The summed E-state index contributed by atoms with van der Waals surface area (Å²) in [6.07, 6.45) is 1.15. The van der Waals surface area contributed by atoms with Gasteiger partial charge in [-0.2, -0.15) is 16.9 Å². The smallest absolute Gasteiger partial charge is 0.275 e. The Labute approximate surface area is 109 Å². The SMILES string of the molecule is O=C(c1n[nH]c2ccccc12)N1CC2CC1CS2. The molecule has 92 valence electrons. The molecule has 2 atom stereocenters. The molecule has 1 N–H and O–H groups in total. The van der Waals surface area contributed by atoms with E-state index in [-0.39, 0.29) is 5.91 Å². The summed E-state index contributed by atoms with van der Waals surface area (Å²) in [6, 6.07) is 8.22. The summed E-state index contributed by atoms with van der Waals surface area (Å²) in [7, 11) is 0. The molecule has 1 aromatic carbocycles. The standard InChI is InChI=1S/C13H13N3OS/c17-13(16-6-9-5-8(16)7-18-9)12-10-3-1-2-4-11(10)14-15-12/h1-4,8-9H,5-7H2,(H,14,15). The molecule has 0 spiro atoms. The van der Waals surface area contributed by atoms with E-state index in [2.05, 4.69) is 10.2 Å². The van der Waals surface area contributed by atoms with Crippen molar-refractivity contribution in [2.75, 3.05) is 12.3 Å². The van der Waals surface area contributed by atoms with Gasteiger partial charge in [0, 0.05) is 29.0 Å². The fourth-order valence-electron chi connectivity index (χ4n) is 2.91. The highest BCUT2D eigenvalue weighted by Crippen LogP contribution is 2.38. The van der Waals surface area contributed by atoms with Gasteiger partial charge in [0.2, 0.25) is 0 Å². The molecule has 3 heterocycles. The first-order valence-corrected chi connectivity index (χ1v) is 7.23. The highest BCUT2D eigenvalue weighted by atomic mass is 32.2. The molecule has 5 heteroatoms. The lowest BCUT2D eigenvalue weighted by atomic mass is 10.2. The van der Waals surface area contributed by atoms with Crippen LogP contribution in [0.5, 0.6) is 0 Å². The van der Waals surface area contributed by atoms with Crippen molar-refractivity contribution >= 4 is 28.6 Å². The van der Waals surface area contributed by atoms with Gasteiger partial charge in [0.1, 0.15) is 0 Å². The molecule has 1 amide bonds. The maximum absolute atomic E-state index is 12.5. The predicted octanol–water partition coefficient (Wildman–Crippen LogP) is 1.89. The second-order valence-corrected chi connectivity index (χ2v) is 6.25. The number of nitrogens with zero attached hydrogens (tertiary/aromatic N) is 2. The molecule has 4 nitrogen and oxygen atoms in total. The first-order valence-electron chi connectivity index (χ1n) is 6.18. The van der Waals surface area contributed by atoms with Crippen LogP contribution in [0.2, 0.25) is 0 Å². The highest BCUT2D eigenvalue weighted by molar-refractivity contribution is 8.00.